The van der Waals surface area contributed by atoms with E-state index in [0.29, 0.717) is 17.8 Å². The van der Waals surface area contributed by atoms with E-state index in [9.17, 15) is 9.59 Å². The number of esters is 1. The maximum atomic E-state index is 12.8. The van der Waals surface area contributed by atoms with Crippen molar-refractivity contribution in [2.24, 2.45) is 23.2 Å². The molecule has 1 saturated carbocycles. The van der Waals surface area contributed by atoms with Gasteiger partial charge in [0.1, 0.15) is 0 Å². The van der Waals surface area contributed by atoms with Crippen LogP contribution in [0.25, 0.3) is 0 Å². The van der Waals surface area contributed by atoms with E-state index in [-0.39, 0.29) is 36.4 Å². The van der Waals surface area contributed by atoms with Gasteiger partial charge in [0.15, 0.2) is 0 Å². The molecule has 0 aliphatic heterocycles. The van der Waals surface area contributed by atoms with Gasteiger partial charge in [-0.25, -0.2) is 0 Å². The van der Waals surface area contributed by atoms with E-state index in [4.69, 9.17) is 0 Å². The summed E-state index contributed by atoms with van der Waals surface area (Å²) in [5.74, 6) is 1.28. The fourth-order valence-electron chi connectivity index (χ4n) is 5.00. The highest BCUT2D eigenvalue weighted by Gasteiger charge is 2.51. The van der Waals surface area contributed by atoms with Gasteiger partial charge in [-0.05, 0) is 57.4 Å². The van der Waals surface area contributed by atoms with Crippen molar-refractivity contribution >= 4 is 11.9 Å². The summed E-state index contributed by atoms with van der Waals surface area (Å²) in [6.45, 7) is 9.43. The number of amides is 1. The van der Waals surface area contributed by atoms with E-state index < -0.39 is 0 Å². The lowest BCUT2D eigenvalue weighted by Gasteiger charge is -2.51. The van der Waals surface area contributed by atoms with E-state index in [1.54, 1.807) is 11.9 Å². The number of nitrogens with one attached hydrogen (secondary N) is 1. The normalized spacial score (nSPS) is 31.4. The molecule has 2 aliphatic carbocycles. The SMILES string of the molecule is COC(=O)CN(C)CC(=O)NC1C(C(C)C)CCC(C)C12C=C(C)CC2. The number of hydrogen-bond acceptors (Lipinski definition) is 4. The predicted octanol–water partition coefficient (Wildman–Crippen LogP) is 3.00. The number of methoxy groups -OCH3 is 1. The first kappa shape index (κ1) is 20.9. The Morgan fingerprint density at radius 3 is 2.58 bits per heavy atom. The summed E-state index contributed by atoms with van der Waals surface area (Å²) < 4.78 is 4.68. The van der Waals surface area contributed by atoms with E-state index in [1.807, 2.05) is 0 Å². The van der Waals surface area contributed by atoms with Crippen molar-refractivity contribution in [2.75, 3.05) is 27.2 Å². The van der Waals surface area contributed by atoms with Gasteiger partial charge < -0.3 is 10.1 Å². The minimum absolute atomic E-state index is 0.00141. The minimum atomic E-state index is -0.322. The molecule has 4 atom stereocenters. The van der Waals surface area contributed by atoms with Crippen molar-refractivity contribution in [1.29, 1.82) is 0 Å². The molecule has 0 aromatic carbocycles. The van der Waals surface area contributed by atoms with Gasteiger partial charge in [0, 0.05) is 11.5 Å². The third-order valence-corrected chi connectivity index (χ3v) is 6.54. The summed E-state index contributed by atoms with van der Waals surface area (Å²) in [6.07, 6.45) is 7.10. The summed E-state index contributed by atoms with van der Waals surface area (Å²) >= 11 is 0. The fourth-order valence-corrected chi connectivity index (χ4v) is 5.00. The first-order valence-electron chi connectivity index (χ1n) is 9.92. The van der Waals surface area contributed by atoms with Gasteiger partial charge >= 0.3 is 5.97 Å². The Kier molecular flexibility index (Phi) is 6.89. The number of rotatable bonds is 6. The molecular weight excluding hydrogens is 328 g/mol. The van der Waals surface area contributed by atoms with Crippen LogP contribution < -0.4 is 5.32 Å². The Morgan fingerprint density at radius 1 is 1.35 bits per heavy atom. The van der Waals surface area contributed by atoms with E-state index in [0.717, 1.165) is 19.3 Å². The lowest BCUT2D eigenvalue weighted by Crippen LogP contribution is -2.58. The predicted molar refractivity (Wildman–Crippen MR) is 104 cm³/mol. The molecule has 5 heteroatoms. The number of carbonyl (C=O) groups is 2. The quantitative estimate of drug-likeness (QED) is 0.581. The highest BCUT2D eigenvalue weighted by Crippen LogP contribution is 2.53. The average Bonchev–Trinajstić information content (AvgIpc) is 2.94. The van der Waals surface area contributed by atoms with Gasteiger partial charge in [-0.2, -0.15) is 0 Å². The van der Waals surface area contributed by atoms with Crippen LogP contribution in [-0.4, -0.2) is 50.1 Å². The Balaban J connectivity index is 2.15. The van der Waals surface area contributed by atoms with Crippen molar-refractivity contribution in [3.63, 3.8) is 0 Å². The second kappa shape index (κ2) is 8.55. The highest BCUT2D eigenvalue weighted by molar-refractivity contribution is 5.79. The number of nitrogens with zero attached hydrogens (tertiary/aromatic N) is 1. The van der Waals surface area contributed by atoms with Crippen LogP contribution in [0.15, 0.2) is 11.6 Å². The molecule has 148 valence electrons. The molecule has 1 spiro atoms. The van der Waals surface area contributed by atoms with Crippen molar-refractivity contribution < 1.29 is 14.3 Å². The zero-order chi connectivity index (χ0) is 19.5. The van der Waals surface area contributed by atoms with Crippen LogP contribution in [0.2, 0.25) is 0 Å². The first-order chi connectivity index (χ1) is 12.2. The lowest BCUT2D eigenvalue weighted by molar-refractivity contribution is -0.141. The molecule has 1 amide bonds. The molecule has 2 rings (SSSR count). The molecule has 0 aromatic rings. The maximum Gasteiger partial charge on any atom is 0.319 e. The number of carbonyl (C=O) groups excluding carboxylic acids is 2. The molecule has 0 bridgehead atoms. The lowest BCUT2D eigenvalue weighted by atomic mass is 9.58. The van der Waals surface area contributed by atoms with Crippen LogP contribution in [0.1, 0.15) is 53.4 Å². The van der Waals surface area contributed by atoms with Crippen molar-refractivity contribution in [3.8, 4) is 0 Å². The number of allylic oxidation sites excluding steroid dienone is 1. The largest absolute Gasteiger partial charge is 0.468 e. The Hall–Kier alpha value is -1.36. The summed E-state index contributed by atoms with van der Waals surface area (Å²) in [7, 11) is 3.14. The average molecular weight is 365 g/mol. The zero-order valence-electron chi connectivity index (χ0n) is 17.3. The third-order valence-electron chi connectivity index (χ3n) is 6.54. The molecule has 1 fully saturated rings. The summed E-state index contributed by atoms with van der Waals surface area (Å²) in [6, 6.07) is 0.169. The zero-order valence-corrected chi connectivity index (χ0v) is 17.3. The Morgan fingerprint density at radius 2 is 2.04 bits per heavy atom. The van der Waals surface area contributed by atoms with Crippen LogP contribution in [0.4, 0.5) is 0 Å². The van der Waals surface area contributed by atoms with Gasteiger partial charge in [-0.3, -0.25) is 14.5 Å². The number of hydrogen-bond donors (Lipinski definition) is 1. The van der Waals surface area contributed by atoms with Crippen molar-refractivity contribution in [2.45, 2.75) is 59.4 Å². The van der Waals surface area contributed by atoms with Crippen LogP contribution in [0.3, 0.4) is 0 Å². The summed E-state index contributed by atoms with van der Waals surface area (Å²) in [4.78, 5) is 25.9. The minimum Gasteiger partial charge on any atom is -0.468 e. The van der Waals surface area contributed by atoms with Crippen molar-refractivity contribution in [1.82, 2.24) is 10.2 Å². The molecule has 0 heterocycles. The maximum absolute atomic E-state index is 12.8. The number of ether oxygens (including phenoxy) is 1. The molecule has 4 unspecified atom stereocenters. The molecule has 0 radical (unpaired) electrons. The van der Waals surface area contributed by atoms with E-state index in [1.165, 1.54) is 19.1 Å². The van der Waals surface area contributed by atoms with Gasteiger partial charge in [0.25, 0.3) is 0 Å². The van der Waals surface area contributed by atoms with Gasteiger partial charge in [-0.1, -0.05) is 32.4 Å². The molecular formula is C21H36N2O3. The van der Waals surface area contributed by atoms with Gasteiger partial charge in [0.05, 0.1) is 20.2 Å². The van der Waals surface area contributed by atoms with Crippen LogP contribution in [0.5, 0.6) is 0 Å². The summed E-state index contributed by atoms with van der Waals surface area (Å²) in [5.41, 5.74) is 1.52. The molecule has 26 heavy (non-hydrogen) atoms. The van der Waals surface area contributed by atoms with Crippen molar-refractivity contribution in [3.05, 3.63) is 11.6 Å². The van der Waals surface area contributed by atoms with E-state index >= 15 is 0 Å². The smallest absolute Gasteiger partial charge is 0.319 e. The monoisotopic (exact) mass is 364 g/mol. The van der Waals surface area contributed by atoms with Crippen LogP contribution >= 0.6 is 0 Å². The van der Waals surface area contributed by atoms with Crippen LogP contribution in [-0.2, 0) is 14.3 Å². The molecule has 0 aromatic heterocycles. The standard InChI is InChI=1S/C21H36N2O3/c1-14(2)17-8-7-16(4)21(10-9-15(3)11-21)20(17)22-18(24)12-23(5)13-19(25)26-6/h11,14,16-17,20H,7-10,12-13H2,1-6H3,(H,22,24). The van der Waals surface area contributed by atoms with E-state index in [2.05, 4.69) is 43.8 Å². The summed E-state index contributed by atoms with van der Waals surface area (Å²) in [5, 5.41) is 3.38. The van der Waals surface area contributed by atoms with Gasteiger partial charge in [0.2, 0.25) is 5.91 Å². The second-order valence-electron chi connectivity index (χ2n) is 8.78. The highest BCUT2D eigenvalue weighted by atomic mass is 16.5. The molecule has 5 nitrogen and oxygen atoms in total. The Labute approximate surface area is 158 Å². The molecule has 2 aliphatic rings. The second-order valence-corrected chi connectivity index (χ2v) is 8.78. The van der Waals surface area contributed by atoms with Gasteiger partial charge in [-0.15, -0.1) is 0 Å². The molecule has 1 N–H and O–H groups in total. The fraction of sp³-hybridized carbons (Fsp3) is 0.810. The topological polar surface area (TPSA) is 58.6 Å². The third kappa shape index (κ3) is 4.48. The van der Waals surface area contributed by atoms with Crippen LogP contribution in [0, 0.1) is 23.2 Å². The number of likely N-dealkylation sites (N-methyl/N-ethyl adjacent to an activating group) is 1. The Bertz CT molecular complexity index is 557. The molecule has 0 saturated heterocycles. The first-order valence-corrected chi connectivity index (χ1v) is 9.92.